The van der Waals surface area contributed by atoms with Gasteiger partial charge in [0, 0.05) is 13.8 Å². The highest BCUT2D eigenvalue weighted by Crippen LogP contribution is 2.31. The second-order valence-corrected chi connectivity index (χ2v) is 18.9. The maximum atomic E-state index is 10.1. The van der Waals surface area contributed by atoms with Crippen molar-refractivity contribution in [3.63, 3.8) is 0 Å². The number of aliphatic hydroxyl groups excluding tert-OH is 4. The number of unbranched alkanes of at least 4 members (excludes halogenated alkanes) is 4. The van der Waals surface area contributed by atoms with Gasteiger partial charge in [-0.2, -0.15) is 0 Å². The fraction of sp³-hybridized carbons (Fsp3) is 0.958. The number of ether oxygens (including phenoxy) is 10. The van der Waals surface area contributed by atoms with Crippen LogP contribution in [0.15, 0.2) is 0 Å². The predicted molar refractivity (Wildman–Crippen MR) is 248 cm³/mol. The van der Waals surface area contributed by atoms with Gasteiger partial charge in [0.1, 0.15) is 48.8 Å². The summed E-state index contributed by atoms with van der Waals surface area (Å²) in [6.45, 7) is 37.5. The number of esters is 2. The molecule has 0 aromatic carbocycles. The fourth-order valence-electron chi connectivity index (χ4n) is 7.47. The zero-order chi connectivity index (χ0) is 50.1. The highest BCUT2D eigenvalue weighted by molar-refractivity contribution is 5.66. The molecular weight excluding hydrogens is 866 g/mol. The van der Waals surface area contributed by atoms with Crippen molar-refractivity contribution >= 4 is 11.9 Å². The first-order valence-corrected chi connectivity index (χ1v) is 24.3. The Kier molecular flexibility index (Phi) is 33.2. The lowest BCUT2D eigenvalue weighted by Gasteiger charge is -2.39. The number of hydrogen-bond donors (Lipinski definition) is 4. The van der Waals surface area contributed by atoms with Crippen LogP contribution in [-0.4, -0.2) is 175 Å². The van der Waals surface area contributed by atoms with Crippen molar-refractivity contribution in [2.24, 2.45) is 0 Å². The van der Waals surface area contributed by atoms with E-state index in [4.69, 9.17) is 37.9 Å². The van der Waals surface area contributed by atoms with E-state index < -0.39 is 72.0 Å². The van der Waals surface area contributed by atoms with E-state index in [1.165, 1.54) is 95.9 Å². The van der Waals surface area contributed by atoms with Gasteiger partial charge in [0.25, 0.3) is 0 Å². The topological polar surface area (TPSA) is 207 Å². The minimum atomic E-state index is -1.06. The predicted octanol–water partition coefficient (Wildman–Crippen LogP) is 3.17. The van der Waals surface area contributed by atoms with Crippen molar-refractivity contribution in [1.82, 2.24) is 0 Å². The van der Waals surface area contributed by atoms with Crippen LogP contribution in [0, 0.1) is 0 Å². The molecule has 4 aliphatic rings. The van der Waals surface area contributed by atoms with Crippen molar-refractivity contribution in [2.45, 2.75) is 234 Å². The van der Waals surface area contributed by atoms with Gasteiger partial charge in [-0.1, -0.05) is 53.4 Å². The summed E-state index contributed by atoms with van der Waals surface area (Å²) >= 11 is 0. The number of carbonyl (C=O) groups excluding carboxylic acids is 2. The molecule has 0 aromatic heterocycles. The molecule has 0 radical (unpaired) electrons. The summed E-state index contributed by atoms with van der Waals surface area (Å²) in [6.07, 6.45) is 4.60. The SMILES string of the molecule is CC1(C)OC[C@H]([C@@H](O)[C@H](O)[C@H]2COC(C)(C)O2)O1.CC1(C)OC[C@H]([C@@H](O)[C@H](O)[C@H]2COC(C)(C)O2)O1.CCCC[N+](CCCC)(CCCC)CCCC.CCOC(C)=O.CCOC(C)=O.[F-]. The van der Waals surface area contributed by atoms with E-state index in [0.717, 1.165) is 0 Å². The maximum Gasteiger partial charge on any atom is 0.302 e. The second-order valence-electron chi connectivity index (χ2n) is 18.9. The number of hydrogen-bond acceptors (Lipinski definition) is 16. The summed E-state index contributed by atoms with van der Waals surface area (Å²) in [7, 11) is 0. The molecule has 0 amide bonds. The third-order valence-electron chi connectivity index (χ3n) is 11.0. The summed E-state index contributed by atoms with van der Waals surface area (Å²) in [6, 6.07) is 0. The van der Waals surface area contributed by atoms with E-state index in [-0.39, 0.29) is 43.1 Å². The number of rotatable bonds is 20. The molecule has 8 atom stereocenters. The Labute approximate surface area is 397 Å². The van der Waals surface area contributed by atoms with Gasteiger partial charge in [-0.05, 0) is 94.9 Å². The van der Waals surface area contributed by atoms with E-state index in [1.807, 2.05) is 0 Å². The van der Waals surface area contributed by atoms with Crippen molar-refractivity contribution in [3.8, 4) is 0 Å². The molecule has 4 rings (SSSR count). The van der Waals surface area contributed by atoms with Crippen LogP contribution in [0.25, 0.3) is 0 Å². The number of nitrogens with zero attached hydrogens (tertiary/aromatic N) is 1. The van der Waals surface area contributed by atoms with Crippen LogP contribution < -0.4 is 4.70 Å². The smallest absolute Gasteiger partial charge is 0.302 e. The molecule has 4 aliphatic heterocycles. The van der Waals surface area contributed by atoms with E-state index in [1.54, 1.807) is 69.2 Å². The zero-order valence-corrected chi connectivity index (χ0v) is 43.9. The van der Waals surface area contributed by atoms with E-state index in [0.29, 0.717) is 13.2 Å². The molecule has 4 saturated heterocycles. The largest absolute Gasteiger partial charge is 1.00 e. The van der Waals surface area contributed by atoms with E-state index >= 15 is 0 Å². The van der Waals surface area contributed by atoms with E-state index in [9.17, 15) is 30.0 Å². The Morgan fingerprint density at radius 2 is 0.667 bits per heavy atom. The molecule has 0 aromatic rings. The molecule has 4 heterocycles. The Bertz CT molecular complexity index is 1100. The Morgan fingerprint density at radius 3 is 0.773 bits per heavy atom. The third kappa shape index (κ3) is 27.5. The quantitative estimate of drug-likeness (QED) is 0.102. The Hall–Kier alpha value is -1.65. The van der Waals surface area contributed by atoms with Crippen LogP contribution in [0.2, 0.25) is 0 Å². The first-order chi connectivity index (χ1) is 30.2. The van der Waals surface area contributed by atoms with Gasteiger partial charge in [0.05, 0.1) is 65.8 Å². The summed E-state index contributed by atoms with van der Waals surface area (Å²) in [5.74, 6) is -3.32. The lowest BCUT2D eigenvalue weighted by molar-refractivity contribution is -0.929. The van der Waals surface area contributed by atoms with Gasteiger partial charge in [0.2, 0.25) is 0 Å². The van der Waals surface area contributed by atoms with Crippen LogP contribution in [0.4, 0.5) is 0 Å². The van der Waals surface area contributed by atoms with Crippen molar-refractivity contribution in [2.75, 3.05) is 65.8 Å². The molecule has 0 unspecified atom stereocenters. The van der Waals surface area contributed by atoms with Gasteiger partial charge >= 0.3 is 11.9 Å². The molecule has 0 saturated carbocycles. The monoisotopic (exact) mass is 962 g/mol. The standard InChI is InChI=1S/C16H36N.2C12H22O6.2C4H8O2.FH/c1-5-9-13-17(14-10-6-2,15-11-7-3)16-12-8-4;2*1-11(2)15-5-7(17-11)9(13)10(14)8-6-16-12(3,4)18-8;2*1-3-6-4(2)5;/h5-16H2,1-4H3;2*7-10,13-14H,5-6H2,1-4H3;2*3H2,1-2H3;1H/q+1;;;;;/p-1/t;2*7-,8-,9-,10-;;;/m.11.../s1. The normalized spacial score (nSPS) is 25.0. The van der Waals surface area contributed by atoms with Gasteiger partial charge in [-0.25, -0.2) is 0 Å². The summed E-state index contributed by atoms with van der Waals surface area (Å²) in [5.41, 5.74) is 0. The maximum absolute atomic E-state index is 10.1. The van der Waals surface area contributed by atoms with Crippen LogP contribution >= 0.6 is 0 Å². The van der Waals surface area contributed by atoms with Crippen molar-refractivity contribution in [1.29, 1.82) is 0 Å². The van der Waals surface area contributed by atoms with Gasteiger partial charge in [-0.3, -0.25) is 9.59 Å². The van der Waals surface area contributed by atoms with E-state index in [2.05, 4.69) is 37.2 Å². The lowest BCUT2D eigenvalue weighted by Crippen LogP contribution is -3.00. The molecule has 66 heavy (non-hydrogen) atoms. The fourth-order valence-corrected chi connectivity index (χ4v) is 7.47. The minimum Gasteiger partial charge on any atom is -1.00 e. The average Bonchev–Trinajstić information content (AvgIpc) is 4.00. The Balaban J connectivity index is 0. The van der Waals surface area contributed by atoms with Crippen molar-refractivity contribution < 1.29 is 86.6 Å². The average molecular weight is 962 g/mol. The molecule has 4 fully saturated rings. The molecule has 0 bridgehead atoms. The number of carbonyl (C=O) groups is 2. The van der Waals surface area contributed by atoms with Crippen LogP contribution in [0.5, 0.6) is 0 Å². The van der Waals surface area contributed by atoms with Crippen LogP contribution in [0.3, 0.4) is 0 Å². The number of halogens is 1. The first kappa shape index (κ1) is 66.4. The van der Waals surface area contributed by atoms with Gasteiger partial charge in [0.15, 0.2) is 23.1 Å². The molecule has 18 heteroatoms. The van der Waals surface area contributed by atoms with Crippen molar-refractivity contribution in [3.05, 3.63) is 0 Å². The Morgan fingerprint density at radius 1 is 0.470 bits per heavy atom. The van der Waals surface area contributed by atoms with Crippen LogP contribution in [-0.2, 0) is 57.0 Å². The highest BCUT2D eigenvalue weighted by Gasteiger charge is 2.47. The second kappa shape index (κ2) is 33.0. The number of quaternary nitrogens is 1. The molecule has 4 N–H and O–H groups in total. The number of aliphatic hydroxyl groups is 4. The summed E-state index contributed by atoms with van der Waals surface area (Å²) in [5, 5.41) is 40.4. The van der Waals surface area contributed by atoms with Gasteiger partial charge < -0.3 is 77.0 Å². The third-order valence-corrected chi connectivity index (χ3v) is 11.0. The highest BCUT2D eigenvalue weighted by atomic mass is 19.0. The lowest BCUT2D eigenvalue weighted by atomic mass is 10.0. The van der Waals surface area contributed by atoms with Gasteiger partial charge in [-0.15, -0.1) is 0 Å². The molecule has 0 aliphatic carbocycles. The molecule has 17 nitrogen and oxygen atoms in total. The summed E-state index contributed by atoms with van der Waals surface area (Å²) in [4.78, 5) is 19.6. The molecule has 396 valence electrons. The van der Waals surface area contributed by atoms with Crippen LogP contribution in [0.1, 0.15) is 162 Å². The minimum absolute atomic E-state index is 0. The summed E-state index contributed by atoms with van der Waals surface area (Å²) < 4.78 is 53.7. The molecule has 0 spiro atoms. The molecular formula is C48H96FNO16. The zero-order valence-electron chi connectivity index (χ0n) is 43.9. The first-order valence-electron chi connectivity index (χ1n) is 24.3.